The molecule has 35 heavy (non-hydrogen) atoms. The molecule has 0 fully saturated rings. The van der Waals surface area contributed by atoms with Crippen molar-refractivity contribution < 1.29 is 19.0 Å². The maximum Gasteiger partial charge on any atom is 0.282 e. The summed E-state index contributed by atoms with van der Waals surface area (Å²) in [5.41, 5.74) is 1.64. The number of rotatable bonds is 6. The number of hydrogen-bond donors (Lipinski definition) is 0. The van der Waals surface area contributed by atoms with Crippen LogP contribution in [0.1, 0.15) is 10.4 Å². The van der Waals surface area contributed by atoms with Gasteiger partial charge in [-0.05, 0) is 48.5 Å². The number of methoxy groups -OCH3 is 3. The maximum atomic E-state index is 13.7. The van der Waals surface area contributed by atoms with E-state index in [1.807, 2.05) is 48.5 Å². The number of amides is 1. The molecule has 0 radical (unpaired) electrons. The van der Waals surface area contributed by atoms with Gasteiger partial charge in [-0.3, -0.25) is 9.69 Å². The lowest BCUT2D eigenvalue weighted by Gasteiger charge is -2.18. The summed E-state index contributed by atoms with van der Waals surface area (Å²) in [6, 6.07) is 20.5. The van der Waals surface area contributed by atoms with Crippen molar-refractivity contribution >= 4 is 56.5 Å². The minimum atomic E-state index is -0.267. The molecule has 0 saturated carbocycles. The molecule has 8 heteroatoms. The molecule has 1 aromatic heterocycles. The minimum absolute atomic E-state index is 0.267. The highest BCUT2D eigenvalue weighted by Gasteiger charge is 2.35. The SMILES string of the molecule is COc1ccc(N2C(=O)/C(=C\c3ccc(OC)cc3OC)N=C2c2sc3ccccc3c2Cl)cc1. The van der Waals surface area contributed by atoms with Crippen molar-refractivity contribution in [1.82, 2.24) is 0 Å². The molecular weight excluding hydrogens is 484 g/mol. The van der Waals surface area contributed by atoms with Crippen LogP contribution >= 0.6 is 22.9 Å². The standard InChI is InChI=1S/C27H21ClN2O4S/c1-32-18-12-9-17(10-13-18)30-26(25-24(28)20-6-4-5-7-23(20)35-25)29-21(27(30)31)14-16-8-11-19(33-2)15-22(16)34-3/h4-15H,1-3H3/b21-14+. The summed E-state index contributed by atoms with van der Waals surface area (Å²) in [5, 5.41) is 1.49. The summed E-state index contributed by atoms with van der Waals surface area (Å²) in [6.45, 7) is 0. The number of amidine groups is 1. The van der Waals surface area contributed by atoms with Crippen molar-refractivity contribution in [2.24, 2.45) is 4.99 Å². The lowest BCUT2D eigenvalue weighted by atomic mass is 10.1. The number of halogens is 1. The van der Waals surface area contributed by atoms with Crippen LogP contribution in [0.25, 0.3) is 16.2 Å². The first-order valence-corrected chi connectivity index (χ1v) is 11.9. The molecule has 2 heterocycles. The summed E-state index contributed by atoms with van der Waals surface area (Å²) in [4.78, 5) is 20.8. The Labute approximate surface area is 211 Å². The predicted molar refractivity (Wildman–Crippen MR) is 141 cm³/mol. The molecule has 0 bridgehead atoms. The van der Waals surface area contributed by atoms with Gasteiger partial charge in [-0.25, -0.2) is 4.99 Å². The Morgan fingerprint density at radius 1 is 0.914 bits per heavy atom. The van der Waals surface area contributed by atoms with E-state index in [0.717, 1.165) is 15.0 Å². The van der Waals surface area contributed by atoms with Crippen LogP contribution in [0.2, 0.25) is 5.02 Å². The lowest BCUT2D eigenvalue weighted by molar-refractivity contribution is -0.113. The predicted octanol–water partition coefficient (Wildman–Crippen LogP) is 6.42. The van der Waals surface area contributed by atoms with E-state index in [4.69, 9.17) is 30.8 Å². The van der Waals surface area contributed by atoms with Gasteiger partial charge >= 0.3 is 0 Å². The van der Waals surface area contributed by atoms with Gasteiger partial charge in [0.15, 0.2) is 5.84 Å². The molecule has 0 atom stereocenters. The third kappa shape index (κ3) is 4.13. The van der Waals surface area contributed by atoms with Crippen LogP contribution in [0.5, 0.6) is 17.2 Å². The molecule has 1 aliphatic rings. The second-order valence-electron chi connectivity index (χ2n) is 7.65. The Balaban J connectivity index is 1.67. The molecule has 0 unspecified atom stereocenters. The fourth-order valence-corrected chi connectivity index (χ4v) is 5.38. The Bertz CT molecular complexity index is 1490. The summed E-state index contributed by atoms with van der Waals surface area (Å²) < 4.78 is 17.1. The van der Waals surface area contributed by atoms with Crippen LogP contribution in [0.3, 0.4) is 0 Å². The highest BCUT2D eigenvalue weighted by atomic mass is 35.5. The lowest BCUT2D eigenvalue weighted by Crippen LogP contribution is -2.32. The largest absolute Gasteiger partial charge is 0.497 e. The normalized spacial score (nSPS) is 14.5. The molecule has 1 amide bonds. The summed E-state index contributed by atoms with van der Waals surface area (Å²) in [7, 11) is 4.76. The number of thiophene rings is 1. The monoisotopic (exact) mass is 504 g/mol. The van der Waals surface area contributed by atoms with E-state index in [1.54, 1.807) is 50.5 Å². The van der Waals surface area contributed by atoms with Gasteiger partial charge in [-0.1, -0.05) is 29.8 Å². The average Bonchev–Trinajstić information content (AvgIpc) is 3.40. The van der Waals surface area contributed by atoms with Gasteiger partial charge in [0.25, 0.3) is 5.91 Å². The van der Waals surface area contributed by atoms with Gasteiger partial charge in [-0.2, -0.15) is 0 Å². The van der Waals surface area contributed by atoms with Gasteiger partial charge in [0.2, 0.25) is 0 Å². The van der Waals surface area contributed by atoms with E-state index < -0.39 is 0 Å². The number of fused-ring (bicyclic) bond motifs is 1. The Morgan fingerprint density at radius 2 is 1.63 bits per heavy atom. The number of carbonyl (C=O) groups is 1. The van der Waals surface area contributed by atoms with E-state index in [0.29, 0.717) is 39.4 Å². The molecule has 6 nitrogen and oxygen atoms in total. The molecule has 4 aromatic rings. The van der Waals surface area contributed by atoms with Crippen molar-refractivity contribution in [3.63, 3.8) is 0 Å². The first-order valence-electron chi connectivity index (χ1n) is 10.7. The number of hydrogen-bond acceptors (Lipinski definition) is 6. The van der Waals surface area contributed by atoms with E-state index in [9.17, 15) is 4.79 Å². The first-order chi connectivity index (χ1) is 17.0. The number of aliphatic imine (C=N–C) groups is 1. The molecule has 3 aromatic carbocycles. The molecule has 0 N–H and O–H groups in total. The number of anilines is 1. The molecule has 0 aliphatic carbocycles. The molecule has 5 rings (SSSR count). The van der Waals surface area contributed by atoms with Gasteiger partial charge < -0.3 is 14.2 Å². The summed E-state index contributed by atoms with van der Waals surface area (Å²) in [5.74, 6) is 2.13. The fraction of sp³-hybridized carbons (Fsp3) is 0.111. The topological polar surface area (TPSA) is 60.4 Å². The molecule has 0 spiro atoms. The van der Waals surface area contributed by atoms with E-state index in [1.165, 1.54) is 11.3 Å². The minimum Gasteiger partial charge on any atom is -0.497 e. The van der Waals surface area contributed by atoms with Crippen molar-refractivity contribution in [2.75, 3.05) is 26.2 Å². The second kappa shape index (κ2) is 9.44. The zero-order valence-corrected chi connectivity index (χ0v) is 20.8. The first kappa shape index (κ1) is 23.0. The van der Waals surface area contributed by atoms with Gasteiger partial charge in [0.1, 0.15) is 22.9 Å². The molecule has 0 saturated heterocycles. The van der Waals surface area contributed by atoms with Crippen LogP contribution in [0.15, 0.2) is 77.4 Å². The van der Waals surface area contributed by atoms with Crippen LogP contribution in [-0.4, -0.2) is 33.1 Å². The number of ether oxygens (including phenoxy) is 3. The van der Waals surface area contributed by atoms with Gasteiger partial charge in [0, 0.05) is 21.7 Å². The van der Waals surface area contributed by atoms with Crippen molar-refractivity contribution in [3.05, 3.63) is 87.9 Å². The van der Waals surface area contributed by atoms with Crippen LogP contribution in [0, 0.1) is 0 Å². The second-order valence-corrected chi connectivity index (χ2v) is 9.08. The number of nitrogens with zero attached hydrogens (tertiary/aromatic N) is 2. The summed E-state index contributed by atoms with van der Waals surface area (Å²) >= 11 is 8.29. The van der Waals surface area contributed by atoms with Crippen molar-refractivity contribution in [2.45, 2.75) is 0 Å². The van der Waals surface area contributed by atoms with E-state index in [2.05, 4.69) is 0 Å². The van der Waals surface area contributed by atoms with Crippen LogP contribution in [0.4, 0.5) is 5.69 Å². The Kier molecular flexibility index (Phi) is 6.19. The van der Waals surface area contributed by atoms with Gasteiger partial charge in [0.05, 0.1) is 36.9 Å². The van der Waals surface area contributed by atoms with Crippen molar-refractivity contribution in [3.8, 4) is 17.2 Å². The van der Waals surface area contributed by atoms with Crippen LogP contribution < -0.4 is 19.1 Å². The van der Waals surface area contributed by atoms with Crippen LogP contribution in [-0.2, 0) is 4.79 Å². The maximum absolute atomic E-state index is 13.7. The highest BCUT2D eigenvalue weighted by Crippen LogP contribution is 2.40. The summed E-state index contributed by atoms with van der Waals surface area (Å²) in [6.07, 6.45) is 1.71. The molecule has 176 valence electrons. The van der Waals surface area contributed by atoms with E-state index in [-0.39, 0.29) is 11.6 Å². The number of benzene rings is 3. The zero-order chi connectivity index (χ0) is 24.5. The quantitative estimate of drug-likeness (QED) is 0.284. The zero-order valence-electron chi connectivity index (χ0n) is 19.2. The molecule has 1 aliphatic heterocycles. The third-order valence-corrected chi connectivity index (χ3v) is 7.33. The fourth-order valence-electron chi connectivity index (χ4n) is 3.88. The molecular formula is C27H21ClN2O4S. The average molecular weight is 505 g/mol. The Hall–Kier alpha value is -3.81. The number of carbonyl (C=O) groups excluding carboxylic acids is 1. The Morgan fingerprint density at radius 3 is 2.31 bits per heavy atom. The third-order valence-electron chi connectivity index (χ3n) is 5.66. The smallest absolute Gasteiger partial charge is 0.282 e. The van der Waals surface area contributed by atoms with Gasteiger partial charge in [-0.15, -0.1) is 11.3 Å². The highest BCUT2D eigenvalue weighted by molar-refractivity contribution is 7.21. The van der Waals surface area contributed by atoms with E-state index >= 15 is 0 Å². The van der Waals surface area contributed by atoms with Crippen molar-refractivity contribution in [1.29, 1.82) is 0 Å².